The second-order valence-corrected chi connectivity index (χ2v) is 3.42. The van der Waals surface area contributed by atoms with Gasteiger partial charge in [0, 0.05) is 13.1 Å². The number of nitrogens with zero attached hydrogens (tertiary/aromatic N) is 1. The van der Waals surface area contributed by atoms with Crippen molar-refractivity contribution < 1.29 is 4.79 Å². The van der Waals surface area contributed by atoms with Crippen molar-refractivity contribution in [2.24, 2.45) is 0 Å². The van der Waals surface area contributed by atoms with E-state index in [4.69, 9.17) is 5.26 Å². The number of nitrogens with one attached hydrogen (secondary N) is 2. The molecular weight excluding hydrogens is 202 g/mol. The lowest BCUT2D eigenvalue weighted by molar-refractivity contribution is 0.240. The Morgan fingerprint density at radius 2 is 2.25 bits per heavy atom. The Labute approximate surface area is 95.3 Å². The molecule has 0 aliphatic rings. The molecular formula is C12H15N3O. The standard InChI is InChI=1S/C12H15N3O/c1-2-6-14-12(16)15-9-11-5-3-4-10(7-11)8-13/h3-5,7H,2,6,9H2,1H3,(H2,14,15,16). The molecule has 0 radical (unpaired) electrons. The van der Waals surface area contributed by atoms with E-state index < -0.39 is 0 Å². The summed E-state index contributed by atoms with van der Waals surface area (Å²) in [4.78, 5) is 11.2. The topological polar surface area (TPSA) is 64.9 Å². The molecule has 84 valence electrons. The van der Waals surface area contributed by atoms with Crippen LogP contribution in [0.25, 0.3) is 0 Å². The van der Waals surface area contributed by atoms with E-state index in [2.05, 4.69) is 16.7 Å². The van der Waals surface area contributed by atoms with Crippen LogP contribution in [-0.4, -0.2) is 12.6 Å². The zero-order chi connectivity index (χ0) is 11.8. The summed E-state index contributed by atoms with van der Waals surface area (Å²) >= 11 is 0. The van der Waals surface area contributed by atoms with Crippen LogP contribution in [0, 0.1) is 11.3 Å². The van der Waals surface area contributed by atoms with Gasteiger partial charge >= 0.3 is 6.03 Å². The highest BCUT2D eigenvalue weighted by Crippen LogP contribution is 2.03. The van der Waals surface area contributed by atoms with Gasteiger partial charge in [0.2, 0.25) is 0 Å². The van der Waals surface area contributed by atoms with Crippen molar-refractivity contribution in [2.75, 3.05) is 6.54 Å². The molecule has 0 bridgehead atoms. The minimum atomic E-state index is -0.177. The molecule has 0 heterocycles. The summed E-state index contributed by atoms with van der Waals surface area (Å²) in [5, 5.41) is 14.1. The van der Waals surface area contributed by atoms with E-state index in [1.165, 1.54) is 0 Å². The largest absolute Gasteiger partial charge is 0.338 e. The Bertz CT molecular complexity index is 395. The molecule has 1 aromatic carbocycles. The first-order valence-electron chi connectivity index (χ1n) is 5.27. The molecule has 0 atom stereocenters. The SMILES string of the molecule is CCCNC(=O)NCc1cccc(C#N)c1. The molecule has 1 aromatic rings. The van der Waals surface area contributed by atoms with Gasteiger partial charge in [0.25, 0.3) is 0 Å². The van der Waals surface area contributed by atoms with Crippen molar-refractivity contribution in [2.45, 2.75) is 19.9 Å². The minimum absolute atomic E-state index is 0.177. The van der Waals surface area contributed by atoms with Crippen molar-refractivity contribution in [3.05, 3.63) is 35.4 Å². The number of hydrogen-bond donors (Lipinski definition) is 2. The third kappa shape index (κ3) is 4.01. The quantitative estimate of drug-likeness (QED) is 0.807. The molecule has 0 aliphatic carbocycles. The average molecular weight is 217 g/mol. The van der Waals surface area contributed by atoms with Gasteiger partial charge in [-0.05, 0) is 24.1 Å². The van der Waals surface area contributed by atoms with Crippen molar-refractivity contribution in [1.82, 2.24) is 10.6 Å². The number of carbonyl (C=O) groups excluding carboxylic acids is 1. The monoisotopic (exact) mass is 217 g/mol. The molecule has 0 spiro atoms. The third-order valence-corrected chi connectivity index (χ3v) is 2.04. The van der Waals surface area contributed by atoms with Gasteiger partial charge in [-0.2, -0.15) is 5.26 Å². The first kappa shape index (κ1) is 12.1. The highest BCUT2D eigenvalue weighted by Gasteiger charge is 1.99. The maximum atomic E-state index is 11.2. The fraction of sp³-hybridized carbons (Fsp3) is 0.333. The third-order valence-electron chi connectivity index (χ3n) is 2.04. The second kappa shape index (κ2) is 6.46. The van der Waals surface area contributed by atoms with Gasteiger partial charge in [0.1, 0.15) is 0 Å². The van der Waals surface area contributed by atoms with Gasteiger partial charge in [-0.25, -0.2) is 4.79 Å². The molecule has 0 saturated heterocycles. The Kier molecular flexibility index (Phi) is 4.87. The van der Waals surface area contributed by atoms with Crippen LogP contribution in [0.5, 0.6) is 0 Å². The van der Waals surface area contributed by atoms with Crippen molar-refractivity contribution in [3.63, 3.8) is 0 Å². The number of benzene rings is 1. The summed E-state index contributed by atoms with van der Waals surface area (Å²) in [7, 11) is 0. The summed E-state index contributed by atoms with van der Waals surface area (Å²) in [6.07, 6.45) is 0.914. The molecule has 2 amide bonds. The first-order chi connectivity index (χ1) is 7.76. The highest BCUT2D eigenvalue weighted by atomic mass is 16.2. The maximum Gasteiger partial charge on any atom is 0.315 e. The normalized spacial score (nSPS) is 9.25. The van der Waals surface area contributed by atoms with Crippen LogP contribution < -0.4 is 10.6 Å². The van der Waals surface area contributed by atoms with Crippen molar-refractivity contribution in [3.8, 4) is 6.07 Å². The average Bonchev–Trinajstić information content (AvgIpc) is 2.34. The Balaban J connectivity index is 2.42. The Morgan fingerprint density at radius 3 is 2.94 bits per heavy atom. The van der Waals surface area contributed by atoms with Gasteiger partial charge in [0.15, 0.2) is 0 Å². The van der Waals surface area contributed by atoms with E-state index in [1.54, 1.807) is 18.2 Å². The maximum absolute atomic E-state index is 11.2. The molecule has 0 unspecified atom stereocenters. The molecule has 0 fully saturated rings. The number of hydrogen-bond acceptors (Lipinski definition) is 2. The van der Waals surface area contributed by atoms with E-state index in [-0.39, 0.29) is 6.03 Å². The van der Waals surface area contributed by atoms with Crippen LogP contribution >= 0.6 is 0 Å². The lowest BCUT2D eigenvalue weighted by atomic mass is 10.1. The summed E-state index contributed by atoms with van der Waals surface area (Å²) in [5.41, 5.74) is 1.53. The lowest BCUT2D eigenvalue weighted by Crippen LogP contribution is -2.35. The lowest BCUT2D eigenvalue weighted by Gasteiger charge is -2.06. The minimum Gasteiger partial charge on any atom is -0.338 e. The molecule has 0 aromatic heterocycles. The summed E-state index contributed by atoms with van der Waals surface area (Å²) in [5.74, 6) is 0. The van der Waals surface area contributed by atoms with Crippen LogP contribution in [-0.2, 0) is 6.54 Å². The first-order valence-corrected chi connectivity index (χ1v) is 5.27. The molecule has 4 nitrogen and oxygen atoms in total. The van der Waals surface area contributed by atoms with Crippen LogP contribution in [0.1, 0.15) is 24.5 Å². The van der Waals surface area contributed by atoms with E-state index in [1.807, 2.05) is 13.0 Å². The fourth-order valence-electron chi connectivity index (χ4n) is 1.23. The number of carbonyl (C=O) groups is 1. The van der Waals surface area contributed by atoms with Gasteiger partial charge in [-0.15, -0.1) is 0 Å². The van der Waals surface area contributed by atoms with Crippen LogP contribution in [0.4, 0.5) is 4.79 Å². The van der Waals surface area contributed by atoms with Crippen LogP contribution in [0.15, 0.2) is 24.3 Å². The molecule has 0 saturated carbocycles. The van der Waals surface area contributed by atoms with E-state index >= 15 is 0 Å². The van der Waals surface area contributed by atoms with Gasteiger partial charge in [-0.1, -0.05) is 19.1 Å². The Morgan fingerprint density at radius 1 is 1.44 bits per heavy atom. The van der Waals surface area contributed by atoms with Gasteiger partial charge < -0.3 is 10.6 Å². The summed E-state index contributed by atoms with van der Waals surface area (Å²) in [6.45, 7) is 3.10. The number of amides is 2. The van der Waals surface area contributed by atoms with Crippen molar-refractivity contribution in [1.29, 1.82) is 5.26 Å². The van der Waals surface area contributed by atoms with Crippen LogP contribution in [0.3, 0.4) is 0 Å². The second-order valence-electron chi connectivity index (χ2n) is 3.42. The van der Waals surface area contributed by atoms with Gasteiger partial charge in [0.05, 0.1) is 11.6 Å². The van der Waals surface area contributed by atoms with E-state index in [0.29, 0.717) is 18.7 Å². The zero-order valence-corrected chi connectivity index (χ0v) is 9.29. The summed E-state index contributed by atoms with van der Waals surface area (Å²) < 4.78 is 0. The Hall–Kier alpha value is -2.02. The molecule has 1 rings (SSSR count). The number of nitriles is 1. The van der Waals surface area contributed by atoms with Gasteiger partial charge in [-0.3, -0.25) is 0 Å². The van der Waals surface area contributed by atoms with Crippen LogP contribution in [0.2, 0.25) is 0 Å². The predicted octanol–water partition coefficient (Wildman–Crippen LogP) is 1.77. The smallest absolute Gasteiger partial charge is 0.315 e. The summed E-state index contributed by atoms with van der Waals surface area (Å²) in [6, 6.07) is 9.07. The highest BCUT2D eigenvalue weighted by molar-refractivity contribution is 5.73. The fourth-order valence-corrected chi connectivity index (χ4v) is 1.23. The van der Waals surface area contributed by atoms with Crippen molar-refractivity contribution >= 4 is 6.03 Å². The number of rotatable bonds is 4. The molecule has 2 N–H and O–H groups in total. The number of urea groups is 1. The molecule has 4 heteroatoms. The van der Waals surface area contributed by atoms with E-state index in [0.717, 1.165) is 12.0 Å². The predicted molar refractivity (Wildman–Crippen MR) is 61.7 cm³/mol. The molecule has 16 heavy (non-hydrogen) atoms. The van der Waals surface area contributed by atoms with E-state index in [9.17, 15) is 4.79 Å². The zero-order valence-electron chi connectivity index (χ0n) is 9.29. The molecule has 0 aliphatic heterocycles.